The third-order valence-electron chi connectivity index (χ3n) is 4.48. The Balaban J connectivity index is 1.49. The highest BCUT2D eigenvalue weighted by Gasteiger charge is 2.16. The van der Waals surface area contributed by atoms with E-state index in [1.165, 1.54) is 51.4 Å². The first kappa shape index (κ1) is 13.9. The first-order valence-electron chi connectivity index (χ1n) is 7.84. The molecule has 0 bridgehead atoms. The van der Waals surface area contributed by atoms with Gasteiger partial charge in [0.1, 0.15) is 0 Å². The molecule has 104 valence electrons. The van der Waals surface area contributed by atoms with Crippen LogP contribution in [0.5, 0.6) is 0 Å². The van der Waals surface area contributed by atoms with Gasteiger partial charge in [0.15, 0.2) is 0 Å². The van der Waals surface area contributed by atoms with Gasteiger partial charge in [-0.2, -0.15) is 0 Å². The fourth-order valence-electron chi connectivity index (χ4n) is 3.28. The van der Waals surface area contributed by atoms with Gasteiger partial charge in [-0.25, -0.2) is 0 Å². The van der Waals surface area contributed by atoms with Crippen molar-refractivity contribution in [1.29, 1.82) is 0 Å². The van der Waals surface area contributed by atoms with E-state index in [2.05, 4.69) is 10.6 Å². The van der Waals surface area contributed by atoms with Crippen LogP contribution in [0.1, 0.15) is 64.2 Å². The van der Waals surface area contributed by atoms with E-state index in [0.29, 0.717) is 12.5 Å². The monoisotopic (exact) mass is 252 g/mol. The molecule has 1 atom stereocenters. The molecule has 1 amide bonds. The normalized spacial score (nSPS) is 25.2. The third kappa shape index (κ3) is 4.97. The predicted molar refractivity (Wildman–Crippen MR) is 74.5 cm³/mol. The number of carbonyl (C=O) groups excluding carboxylic acids is 1. The lowest BCUT2D eigenvalue weighted by Crippen LogP contribution is -2.35. The summed E-state index contributed by atoms with van der Waals surface area (Å²) in [4.78, 5) is 11.7. The van der Waals surface area contributed by atoms with Crippen LogP contribution < -0.4 is 10.6 Å². The topological polar surface area (TPSA) is 41.1 Å². The minimum absolute atomic E-state index is 0.250. The quantitative estimate of drug-likeness (QED) is 0.763. The molecule has 18 heavy (non-hydrogen) atoms. The van der Waals surface area contributed by atoms with Crippen molar-refractivity contribution in [2.45, 2.75) is 70.3 Å². The maximum Gasteiger partial charge on any atom is 0.220 e. The Bertz CT molecular complexity index is 243. The minimum atomic E-state index is 0.250. The van der Waals surface area contributed by atoms with Crippen molar-refractivity contribution in [3.63, 3.8) is 0 Å². The van der Waals surface area contributed by atoms with E-state index < -0.39 is 0 Å². The van der Waals surface area contributed by atoms with Gasteiger partial charge in [-0.3, -0.25) is 4.79 Å². The highest BCUT2D eigenvalue weighted by atomic mass is 16.1. The number of amides is 1. The fourth-order valence-corrected chi connectivity index (χ4v) is 3.28. The van der Waals surface area contributed by atoms with E-state index in [1.807, 2.05) is 0 Å². The van der Waals surface area contributed by atoms with Gasteiger partial charge >= 0.3 is 0 Å². The lowest BCUT2D eigenvalue weighted by molar-refractivity contribution is -0.121. The zero-order chi connectivity index (χ0) is 12.6. The van der Waals surface area contributed by atoms with Crippen molar-refractivity contribution in [3.8, 4) is 0 Å². The Kier molecular flexibility index (Phi) is 5.98. The molecular weight excluding hydrogens is 224 g/mol. The molecule has 3 nitrogen and oxygen atoms in total. The average molecular weight is 252 g/mol. The standard InChI is InChI=1S/C15H28N2O/c18-15(9-8-14-7-3-4-11-16-14)17-12-10-13-5-1-2-6-13/h13-14,16H,1-12H2,(H,17,18). The molecule has 1 aliphatic heterocycles. The summed E-state index contributed by atoms with van der Waals surface area (Å²) in [6.45, 7) is 2.02. The van der Waals surface area contributed by atoms with Gasteiger partial charge in [-0.05, 0) is 38.1 Å². The summed E-state index contributed by atoms with van der Waals surface area (Å²) in [5.74, 6) is 1.13. The molecule has 0 aromatic carbocycles. The van der Waals surface area contributed by atoms with Crippen LogP contribution in [0.2, 0.25) is 0 Å². The molecule has 1 heterocycles. The number of nitrogens with one attached hydrogen (secondary N) is 2. The Morgan fingerprint density at radius 3 is 2.56 bits per heavy atom. The smallest absolute Gasteiger partial charge is 0.220 e. The molecule has 1 saturated carbocycles. The summed E-state index contributed by atoms with van der Waals surface area (Å²) < 4.78 is 0. The van der Waals surface area contributed by atoms with Gasteiger partial charge in [-0.1, -0.05) is 32.1 Å². The molecule has 1 aliphatic carbocycles. The predicted octanol–water partition coefficient (Wildman–Crippen LogP) is 2.61. The molecule has 3 heteroatoms. The minimum Gasteiger partial charge on any atom is -0.356 e. The highest BCUT2D eigenvalue weighted by Crippen LogP contribution is 2.26. The molecule has 1 saturated heterocycles. The number of rotatable bonds is 6. The van der Waals surface area contributed by atoms with Crippen molar-refractivity contribution < 1.29 is 4.79 Å². The summed E-state index contributed by atoms with van der Waals surface area (Å²) in [6, 6.07) is 0.583. The number of piperidine rings is 1. The summed E-state index contributed by atoms with van der Waals surface area (Å²) >= 11 is 0. The molecule has 0 aromatic heterocycles. The average Bonchev–Trinajstić information content (AvgIpc) is 2.91. The van der Waals surface area contributed by atoms with Crippen LogP contribution in [0.25, 0.3) is 0 Å². The Hall–Kier alpha value is -0.570. The van der Waals surface area contributed by atoms with Crippen LogP contribution >= 0.6 is 0 Å². The SMILES string of the molecule is O=C(CCC1CCCCN1)NCCC1CCCC1. The number of hydrogen-bond donors (Lipinski definition) is 2. The zero-order valence-corrected chi connectivity index (χ0v) is 11.5. The lowest BCUT2D eigenvalue weighted by atomic mass is 10.0. The zero-order valence-electron chi connectivity index (χ0n) is 11.5. The van der Waals surface area contributed by atoms with Crippen LogP contribution in [0.4, 0.5) is 0 Å². The molecule has 0 spiro atoms. The van der Waals surface area contributed by atoms with E-state index in [-0.39, 0.29) is 5.91 Å². The molecule has 0 aromatic rings. The van der Waals surface area contributed by atoms with Crippen LogP contribution in [-0.2, 0) is 4.79 Å². The van der Waals surface area contributed by atoms with Crippen LogP contribution in [0.15, 0.2) is 0 Å². The largest absolute Gasteiger partial charge is 0.356 e. The first-order valence-corrected chi connectivity index (χ1v) is 7.84. The van der Waals surface area contributed by atoms with E-state index in [0.717, 1.165) is 25.4 Å². The molecule has 0 radical (unpaired) electrons. The molecule has 2 fully saturated rings. The van der Waals surface area contributed by atoms with Gasteiger partial charge in [0.25, 0.3) is 0 Å². The summed E-state index contributed by atoms with van der Waals surface area (Å²) in [5, 5.41) is 6.58. The van der Waals surface area contributed by atoms with Crippen molar-refractivity contribution in [2.24, 2.45) is 5.92 Å². The first-order chi connectivity index (χ1) is 8.84. The van der Waals surface area contributed by atoms with E-state index in [9.17, 15) is 4.79 Å². The second-order valence-corrected chi connectivity index (χ2v) is 5.97. The number of carbonyl (C=O) groups is 1. The molecule has 2 N–H and O–H groups in total. The summed E-state index contributed by atoms with van der Waals surface area (Å²) in [7, 11) is 0. The van der Waals surface area contributed by atoms with Gasteiger partial charge in [0.2, 0.25) is 5.91 Å². The van der Waals surface area contributed by atoms with Crippen LogP contribution in [-0.4, -0.2) is 25.0 Å². The maximum absolute atomic E-state index is 11.7. The fraction of sp³-hybridized carbons (Fsp3) is 0.933. The van der Waals surface area contributed by atoms with Crippen molar-refractivity contribution in [1.82, 2.24) is 10.6 Å². The highest BCUT2D eigenvalue weighted by molar-refractivity contribution is 5.75. The molecular formula is C15H28N2O. The third-order valence-corrected chi connectivity index (χ3v) is 4.48. The van der Waals surface area contributed by atoms with Crippen LogP contribution in [0.3, 0.4) is 0 Å². The van der Waals surface area contributed by atoms with Crippen molar-refractivity contribution in [2.75, 3.05) is 13.1 Å². The van der Waals surface area contributed by atoms with Crippen LogP contribution in [0, 0.1) is 5.92 Å². The van der Waals surface area contributed by atoms with Gasteiger partial charge in [0, 0.05) is 19.0 Å². The van der Waals surface area contributed by atoms with Gasteiger partial charge < -0.3 is 10.6 Å². The lowest BCUT2D eigenvalue weighted by Gasteiger charge is -2.23. The summed E-state index contributed by atoms with van der Waals surface area (Å²) in [5.41, 5.74) is 0. The van der Waals surface area contributed by atoms with Crippen molar-refractivity contribution in [3.05, 3.63) is 0 Å². The second kappa shape index (κ2) is 7.78. The van der Waals surface area contributed by atoms with E-state index in [4.69, 9.17) is 0 Å². The van der Waals surface area contributed by atoms with Gasteiger partial charge in [0.05, 0.1) is 0 Å². The second-order valence-electron chi connectivity index (χ2n) is 5.97. The summed E-state index contributed by atoms with van der Waals surface area (Å²) in [6.07, 6.45) is 12.3. The van der Waals surface area contributed by atoms with Gasteiger partial charge in [-0.15, -0.1) is 0 Å². The molecule has 2 rings (SSSR count). The Morgan fingerprint density at radius 2 is 1.83 bits per heavy atom. The molecule has 1 unspecified atom stereocenters. The molecule has 2 aliphatic rings. The maximum atomic E-state index is 11.7. The Morgan fingerprint density at radius 1 is 1.06 bits per heavy atom. The van der Waals surface area contributed by atoms with E-state index in [1.54, 1.807) is 0 Å². The van der Waals surface area contributed by atoms with Crippen molar-refractivity contribution >= 4 is 5.91 Å². The number of hydrogen-bond acceptors (Lipinski definition) is 2. The Labute approximate surface area is 111 Å². The van der Waals surface area contributed by atoms with E-state index >= 15 is 0 Å².